The van der Waals surface area contributed by atoms with E-state index in [4.69, 9.17) is 20.7 Å². The van der Waals surface area contributed by atoms with E-state index in [2.05, 4.69) is 15.0 Å². The number of carbonyl (C=O) groups is 2. The molecule has 0 spiro atoms. The van der Waals surface area contributed by atoms with Gasteiger partial charge in [-0.3, -0.25) is 19.1 Å². The molecule has 2 aliphatic heterocycles. The molecular formula is C25H32N6O5. The van der Waals surface area contributed by atoms with Crippen LogP contribution in [0.5, 0.6) is 0 Å². The van der Waals surface area contributed by atoms with Gasteiger partial charge in [-0.1, -0.05) is 38.1 Å². The Balaban J connectivity index is 0.000000463. The monoisotopic (exact) mass is 496 g/mol. The van der Waals surface area contributed by atoms with Crippen molar-refractivity contribution in [3.05, 3.63) is 60.2 Å². The van der Waals surface area contributed by atoms with Gasteiger partial charge in [-0.15, -0.1) is 0 Å². The van der Waals surface area contributed by atoms with Gasteiger partial charge < -0.3 is 20.7 Å². The van der Waals surface area contributed by atoms with Crippen LogP contribution in [-0.4, -0.2) is 64.9 Å². The molecule has 4 heterocycles. The van der Waals surface area contributed by atoms with Crippen LogP contribution in [0.15, 0.2) is 49.1 Å². The lowest BCUT2D eigenvalue weighted by Crippen LogP contribution is -2.29. The summed E-state index contributed by atoms with van der Waals surface area (Å²) in [5.74, 6) is -1.69. The van der Waals surface area contributed by atoms with E-state index in [9.17, 15) is 9.59 Å². The second-order valence-corrected chi connectivity index (χ2v) is 8.48. The molecule has 4 N–H and O–H groups in total. The number of carbonyl (C=O) groups excluding carboxylic acids is 2. The standard InChI is InChI=1S/C20H18N6O3.C3H8O2.C2H6/c21-17-16-18(23-10-22-17)26(11-24-16)15-8-7-12(29-15)4-3-9-25-19(27)13-5-1-2-6-14(13)20(25)28;1-3(2,4)5;1-2/h1-6,10-12,15H,7-9H2,(H2,21,22,23);4-5H,1-2H3;1-2H3/b4-3+;;. The molecule has 5 rings (SSSR count). The Morgan fingerprint density at radius 3 is 2.31 bits per heavy atom. The Bertz CT molecular complexity index is 1210. The Labute approximate surface area is 209 Å². The number of aromatic nitrogens is 4. The minimum Gasteiger partial charge on any atom is -0.382 e. The number of benzene rings is 1. The van der Waals surface area contributed by atoms with Gasteiger partial charge in [0.2, 0.25) is 0 Å². The van der Waals surface area contributed by atoms with Gasteiger partial charge in [0.1, 0.15) is 18.1 Å². The van der Waals surface area contributed by atoms with Gasteiger partial charge in [0.05, 0.1) is 23.6 Å². The highest BCUT2D eigenvalue weighted by Crippen LogP contribution is 2.31. The quantitative estimate of drug-likeness (QED) is 0.281. The highest BCUT2D eigenvalue weighted by Gasteiger charge is 2.34. The third-order valence-electron chi connectivity index (χ3n) is 5.24. The summed E-state index contributed by atoms with van der Waals surface area (Å²) in [5, 5.41) is 16.2. The molecule has 0 radical (unpaired) electrons. The molecule has 11 heteroatoms. The van der Waals surface area contributed by atoms with Crippen molar-refractivity contribution in [2.45, 2.75) is 58.7 Å². The van der Waals surface area contributed by atoms with Crippen LogP contribution in [0.25, 0.3) is 11.2 Å². The zero-order valence-corrected chi connectivity index (χ0v) is 20.8. The summed E-state index contributed by atoms with van der Waals surface area (Å²) in [6.07, 6.45) is 8.04. The number of aliphatic hydroxyl groups is 2. The number of imidazole rings is 1. The van der Waals surface area contributed by atoms with Crippen LogP contribution in [0.4, 0.5) is 5.82 Å². The third kappa shape index (κ3) is 6.11. The highest BCUT2D eigenvalue weighted by molar-refractivity contribution is 6.21. The Morgan fingerprint density at radius 2 is 1.69 bits per heavy atom. The number of nitrogen functional groups attached to an aromatic ring is 1. The molecule has 1 fully saturated rings. The summed E-state index contributed by atoms with van der Waals surface area (Å²) in [6, 6.07) is 6.87. The van der Waals surface area contributed by atoms with Crippen molar-refractivity contribution < 1.29 is 24.5 Å². The highest BCUT2D eigenvalue weighted by atomic mass is 16.5. The van der Waals surface area contributed by atoms with Crippen LogP contribution in [0, 0.1) is 0 Å². The van der Waals surface area contributed by atoms with Crippen molar-refractivity contribution in [1.29, 1.82) is 0 Å². The fourth-order valence-electron chi connectivity index (χ4n) is 3.79. The lowest BCUT2D eigenvalue weighted by molar-refractivity contribution is -0.127. The van der Waals surface area contributed by atoms with Crippen LogP contribution < -0.4 is 5.73 Å². The number of imide groups is 1. The molecule has 2 unspecified atom stereocenters. The fraction of sp³-hybridized carbons (Fsp3) is 0.400. The first-order valence-corrected chi connectivity index (χ1v) is 11.8. The predicted octanol–water partition coefficient (Wildman–Crippen LogP) is 2.67. The largest absolute Gasteiger partial charge is 0.382 e. The molecule has 1 aromatic carbocycles. The van der Waals surface area contributed by atoms with E-state index < -0.39 is 5.79 Å². The van der Waals surface area contributed by atoms with E-state index in [1.54, 1.807) is 36.7 Å². The normalized spacial score (nSPS) is 19.2. The van der Waals surface area contributed by atoms with Gasteiger partial charge in [0.25, 0.3) is 11.8 Å². The third-order valence-corrected chi connectivity index (χ3v) is 5.24. The minimum atomic E-state index is -1.50. The average Bonchev–Trinajstić information content (AvgIpc) is 3.54. The number of nitrogens with two attached hydrogens (primary N) is 1. The van der Waals surface area contributed by atoms with E-state index >= 15 is 0 Å². The molecule has 2 atom stereocenters. The summed E-state index contributed by atoms with van der Waals surface area (Å²) < 4.78 is 7.93. The number of hydrogen-bond acceptors (Lipinski definition) is 9. The molecule has 2 amide bonds. The van der Waals surface area contributed by atoms with Crippen LogP contribution in [0.1, 0.15) is 67.5 Å². The maximum Gasteiger partial charge on any atom is 0.261 e. The number of rotatable bonds is 4. The number of amides is 2. The van der Waals surface area contributed by atoms with E-state index in [0.29, 0.717) is 28.1 Å². The van der Waals surface area contributed by atoms with Crippen LogP contribution in [-0.2, 0) is 4.74 Å². The Morgan fingerprint density at radius 1 is 1.08 bits per heavy atom. The lowest BCUT2D eigenvalue weighted by atomic mass is 10.1. The van der Waals surface area contributed by atoms with Crippen molar-refractivity contribution >= 4 is 28.8 Å². The first-order valence-electron chi connectivity index (χ1n) is 11.8. The Hall–Kier alpha value is -3.67. The van der Waals surface area contributed by atoms with Gasteiger partial charge in [-0.25, -0.2) is 15.0 Å². The number of anilines is 1. The van der Waals surface area contributed by atoms with Crippen molar-refractivity contribution in [3.8, 4) is 0 Å². The second-order valence-electron chi connectivity index (χ2n) is 8.48. The SMILES string of the molecule is CC.CC(C)(O)O.Nc1ncnc2c1ncn2C1CCC(/C=C/CN2C(=O)c3ccccc3C2=O)O1. The van der Waals surface area contributed by atoms with Gasteiger partial charge in [0, 0.05) is 6.54 Å². The van der Waals surface area contributed by atoms with E-state index in [0.717, 1.165) is 12.8 Å². The van der Waals surface area contributed by atoms with E-state index in [1.807, 2.05) is 24.5 Å². The first kappa shape index (κ1) is 26.9. The number of ether oxygens (including phenoxy) is 1. The van der Waals surface area contributed by atoms with E-state index in [1.165, 1.54) is 25.1 Å². The van der Waals surface area contributed by atoms with Gasteiger partial charge in [-0.2, -0.15) is 0 Å². The summed E-state index contributed by atoms with van der Waals surface area (Å²) in [4.78, 5) is 38.5. The molecule has 1 saturated heterocycles. The summed E-state index contributed by atoms with van der Waals surface area (Å²) in [5.41, 5.74) is 7.94. The minimum absolute atomic E-state index is 0.119. The Kier molecular flexibility index (Phi) is 8.51. The van der Waals surface area contributed by atoms with Gasteiger partial charge in [0.15, 0.2) is 17.3 Å². The smallest absolute Gasteiger partial charge is 0.261 e. The summed E-state index contributed by atoms with van der Waals surface area (Å²) >= 11 is 0. The zero-order valence-electron chi connectivity index (χ0n) is 20.8. The van der Waals surface area contributed by atoms with Crippen molar-refractivity contribution in [2.24, 2.45) is 0 Å². The molecule has 0 saturated carbocycles. The summed E-state index contributed by atoms with van der Waals surface area (Å²) in [6.45, 7) is 6.81. The molecule has 0 bridgehead atoms. The van der Waals surface area contributed by atoms with Gasteiger partial charge >= 0.3 is 0 Å². The predicted molar refractivity (Wildman–Crippen MR) is 134 cm³/mol. The molecular weight excluding hydrogens is 464 g/mol. The van der Waals surface area contributed by atoms with Crippen LogP contribution in [0.3, 0.4) is 0 Å². The van der Waals surface area contributed by atoms with Crippen molar-refractivity contribution in [2.75, 3.05) is 12.3 Å². The van der Waals surface area contributed by atoms with Crippen molar-refractivity contribution in [1.82, 2.24) is 24.4 Å². The van der Waals surface area contributed by atoms with Crippen molar-refractivity contribution in [3.63, 3.8) is 0 Å². The second kappa shape index (κ2) is 11.4. The molecule has 11 nitrogen and oxygen atoms in total. The topological polar surface area (TPSA) is 157 Å². The first-order chi connectivity index (χ1) is 17.1. The van der Waals surface area contributed by atoms with E-state index in [-0.39, 0.29) is 30.7 Å². The molecule has 0 aliphatic carbocycles. The lowest BCUT2D eigenvalue weighted by Gasteiger charge is -2.14. The average molecular weight is 497 g/mol. The molecule has 2 aliphatic rings. The van der Waals surface area contributed by atoms with Gasteiger partial charge in [-0.05, 0) is 38.8 Å². The van der Waals surface area contributed by atoms with Crippen LogP contribution in [0.2, 0.25) is 0 Å². The van der Waals surface area contributed by atoms with Crippen LogP contribution >= 0.6 is 0 Å². The fourth-order valence-corrected chi connectivity index (χ4v) is 3.79. The maximum absolute atomic E-state index is 12.4. The molecule has 36 heavy (non-hydrogen) atoms. The molecule has 3 aromatic rings. The molecule has 192 valence electrons. The zero-order chi connectivity index (χ0) is 26.5. The number of hydrogen-bond donors (Lipinski definition) is 3. The number of fused-ring (bicyclic) bond motifs is 2. The summed E-state index contributed by atoms with van der Waals surface area (Å²) in [7, 11) is 0. The molecule has 2 aromatic heterocycles. The maximum atomic E-state index is 12.4. The number of nitrogens with zero attached hydrogens (tertiary/aromatic N) is 5.